The van der Waals surface area contributed by atoms with Crippen LogP contribution >= 0.6 is 0 Å². The third-order valence-electron chi connectivity index (χ3n) is 11.4. The maximum absolute atomic E-state index is 9.40. The number of benzene rings is 7. The van der Waals surface area contributed by atoms with Crippen LogP contribution in [0.15, 0.2) is 210 Å². The number of amidine groups is 2. The van der Waals surface area contributed by atoms with Crippen molar-refractivity contribution in [2.45, 2.75) is 18.4 Å². The Morgan fingerprint density at radius 1 is 0.614 bits per heavy atom. The topological polar surface area (TPSA) is 56.7 Å². The summed E-state index contributed by atoms with van der Waals surface area (Å²) in [6, 6.07) is 61.0. The van der Waals surface area contributed by atoms with Gasteiger partial charge in [-0.3, -0.25) is 5.41 Å². The van der Waals surface area contributed by atoms with Crippen LogP contribution in [0.25, 0.3) is 38.6 Å². The molecule has 1 aromatic heterocycles. The van der Waals surface area contributed by atoms with Crippen LogP contribution in [-0.4, -0.2) is 28.5 Å². The van der Waals surface area contributed by atoms with Crippen molar-refractivity contribution in [1.82, 2.24) is 4.57 Å². The maximum Gasteiger partial charge on any atom is 0.161 e. The highest BCUT2D eigenvalue weighted by Crippen LogP contribution is 2.53. The van der Waals surface area contributed by atoms with Crippen LogP contribution in [0.1, 0.15) is 29.2 Å². The fourth-order valence-corrected chi connectivity index (χ4v) is 8.55. The number of nitrogens with one attached hydrogen (secondary N) is 1. The largest absolute Gasteiger partial charge is 0.333 e. The minimum absolute atomic E-state index is 0.134. The van der Waals surface area contributed by atoms with Gasteiger partial charge in [-0.2, -0.15) is 0 Å². The fraction of sp³-hybridized carbons (Fsp3) is 0.0577. The molecular formula is C52H39N5. The molecular weight excluding hydrogens is 695 g/mol. The summed E-state index contributed by atoms with van der Waals surface area (Å²) >= 11 is 0. The van der Waals surface area contributed by atoms with E-state index in [1.165, 1.54) is 27.7 Å². The van der Waals surface area contributed by atoms with Gasteiger partial charge in [-0.15, -0.1) is 0 Å². The molecule has 7 aromatic carbocycles. The third kappa shape index (κ3) is 6.01. The molecule has 1 aliphatic heterocycles. The van der Waals surface area contributed by atoms with Gasteiger partial charge < -0.3 is 9.47 Å². The lowest BCUT2D eigenvalue weighted by atomic mass is 9.76. The molecule has 0 fully saturated rings. The lowest BCUT2D eigenvalue weighted by Gasteiger charge is -2.34. The summed E-state index contributed by atoms with van der Waals surface area (Å²) < 4.78 is 2.34. The molecule has 0 saturated heterocycles. The maximum atomic E-state index is 9.40. The molecule has 0 amide bonds. The average Bonchev–Trinajstić information content (AvgIpc) is 3.73. The van der Waals surface area contributed by atoms with Crippen LogP contribution in [-0.2, 0) is 5.41 Å². The van der Waals surface area contributed by atoms with Crippen molar-refractivity contribution < 1.29 is 0 Å². The molecule has 2 unspecified atom stereocenters. The minimum Gasteiger partial charge on any atom is -0.333 e. The molecule has 2 atom stereocenters. The Morgan fingerprint density at radius 2 is 1.30 bits per heavy atom. The summed E-state index contributed by atoms with van der Waals surface area (Å²) in [6.45, 7) is 2.36. The Balaban J connectivity index is 1.10. The number of nitrogens with zero attached hydrogens (tertiary/aromatic N) is 4. The SMILES string of the molecule is CC12C=CC=CC1N(c1ccccc1)c1cc3c(cc12)c1ccccc1n3-c1cccc(C(=N)N=C(N=Cc2ccccc2)c2cccc(-c3ccccc3)c2)c1. The molecule has 0 bridgehead atoms. The van der Waals surface area contributed by atoms with E-state index in [2.05, 4.69) is 144 Å². The van der Waals surface area contributed by atoms with Crippen LogP contribution in [0.4, 0.5) is 11.4 Å². The summed E-state index contributed by atoms with van der Waals surface area (Å²) in [6.07, 6.45) is 10.9. The molecule has 10 rings (SSSR count). The molecule has 1 N–H and O–H groups in total. The normalized spacial score (nSPS) is 17.4. The number of aliphatic imine (C=N–C) groups is 2. The molecule has 2 aliphatic rings. The molecule has 2 heterocycles. The summed E-state index contributed by atoms with van der Waals surface area (Å²) in [5, 5.41) is 11.8. The van der Waals surface area contributed by atoms with Gasteiger partial charge in [0.1, 0.15) is 0 Å². The number of rotatable bonds is 6. The Labute approximate surface area is 332 Å². The molecule has 57 heavy (non-hydrogen) atoms. The summed E-state index contributed by atoms with van der Waals surface area (Å²) in [7, 11) is 0. The lowest BCUT2D eigenvalue weighted by Crippen LogP contribution is -2.39. The molecule has 5 heteroatoms. The number of anilines is 2. The first-order chi connectivity index (χ1) is 28.0. The second-order valence-corrected chi connectivity index (χ2v) is 14.9. The Kier molecular flexibility index (Phi) is 8.41. The van der Waals surface area contributed by atoms with Crippen molar-refractivity contribution in [1.29, 1.82) is 5.41 Å². The van der Waals surface area contributed by atoms with E-state index in [1.54, 1.807) is 0 Å². The lowest BCUT2D eigenvalue weighted by molar-refractivity contribution is 0.551. The van der Waals surface area contributed by atoms with Crippen LogP contribution in [0.2, 0.25) is 0 Å². The standard InChI is InChI=1S/C52H39N5/c1-52-30-14-13-29-49(52)57(41-24-9-4-10-25-41)48-34-47-44(33-45(48)52)43-27-11-12-28-46(43)56(47)42-26-16-22-39(32-42)50(53)55-51(54-35-36-17-5-2-6-18-36)40-23-15-21-38(31-40)37-19-7-3-8-20-37/h2-35,49,53H,1H3. The summed E-state index contributed by atoms with van der Waals surface area (Å²) in [5.74, 6) is 0.605. The quantitative estimate of drug-likeness (QED) is 0.134. The molecule has 1 aliphatic carbocycles. The van der Waals surface area contributed by atoms with Gasteiger partial charge >= 0.3 is 0 Å². The second-order valence-electron chi connectivity index (χ2n) is 14.9. The molecule has 0 spiro atoms. The fourth-order valence-electron chi connectivity index (χ4n) is 8.55. The van der Waals surface area contributed by atoms with E-state index in [4.69, 9.17) is 9.98 Å². The number of aromatic nitrogens is 1. The predicted octanol–water partition coefficient (Wildman–Crippen LogP) is 12.2. The zero-order valence-corrected chi connectivity index (χ0v) is 31.5. The molecule has 0 saturated carbocycles. The van der Waals surface area contributed by atoms with Crippen molar-refractivity contribution in [2.24, 2.45) is 9.98 Å². The van der Waals surface area contributed by atoms with E-state index in [1.807, 2.05) is 79.0 Å². The first-order valence-corrected chi connectivity index (χ1v) is 19.4. The minimum atomic E-state index is -0.189. The first kappa shape index (κ1) is 34.1. The van der Waals surface area contributed by atoms with Crippen LogP contribution in [0.5, 0.6) is 0 Å². The van der Waals surface area contributed by atoms with Crippen LogP contribution in [0, 0.1) is 5.41 Å². The Bertz CT molecular complexity index is 2940. The van der Waals surface area contributed by atoms with Gasteiger partial charge in [-0.1, -0.05) is 152 Å². The van der Waals surface area contributed by atoms with Gasteiger partial charge in [0.25, 0.3) is 0 Å². The van der Waals surface area contributed by atoms with E-state index < -0.39 is 0 Å². The van der Waals surface area contributed by atoms with E-state index in [0.717, 1.165) is 39.0 Å². The van der Waals surface area contributed by atoms with E-state index in [9.17, 15) is 5.41 Å². The van der Waals surface area contributed by atoms with Gasteiger partial charge in [0.2, 0.25) is 0 Å². The third-order valence-corrected chi connectivity index (χ3v) is 11.4. The predicted molar refractivity (Wildman–Crippen MR) is 238 cm³/mol. The van der Waals surface area contributed by atoms with Gasteiger partial charge in [0.05, 0.1) is 17.1 Å². The van der Waals surface area contributed by atoms with Gasteiger partial charge in [0.15, 0.2) is 11.7 Å². The highest BCUT2D eigenvalue weighted by Gasteiger charge is 2.46. The van der Waals surface area contributed by atoms with Gasteiger partial charge in [0, 0.05) is 50.6 Å². The number of allylic oxidation sites excluding steroid dienone is 2. The summed E-state index contributed by atoms with van der Waals surface area (Å²) in [4.78, 5) is 12.3. The van der Waals surface area contributed by atoms with Crippen molar-refractivity contribution >= 4 is 51.1 Å². The molecule has 0 radical (unpaired) electrons. The first-order valence-electron chi connectivity index (χ1n) is 19.4. The monoisotopic (exact) mass is 733 g/mol. The average molecular weight is 734 g/mol. The van der Waals surface area contributed by atoms with E-state index in [0.29, 0.717) is 11.4 Å². The second kappa shape index (κ2) is 14.0. The highest BCUT2D eigenvalue weighted by molar-refractivity contribution is 6.14. The Hall–Kier alpha value is -7.37. The zero-order chi connectivity index (χ0) is 38.3. The van der Waals surface area contributed by atoms with E-state index >= 15 is 0 Å². The Morgan fingerprint density at radius 3 is 2.12 bits per heavy atom. The van der Waals surface area contributed by atoms with E-state index in [-0.39, 0.29) is 17.3 Å². The molecule has 5 nitrogen and oxygen atoms in total. The number of para-hydroxylation sites is 2. The summed E-state index contributed by atoms with van der Waals surface area (Å²) in [5.41, 5.74) is 11.4. The smallest absolute Gasteiger partial charge is 0.161 e. The molecule has 8 aromatic rings. The van der Waals surface area contributed by atoms with Gasteiger partial charge in [-0.25, -0.2) is 9.98 Å². The highest BCUT2D eigenvalue weighted by atomic mass is 15.2. The molecule has 272 valence electrons. The number of hydrogen-bond acceptors (Lipinski definition) is 2. The van der Waals surface area contributed by atoms with Crippen molar-refractivity contribution in [2.75, 3.05) is 4.90 Å². The van der Waals surface area contributed by atoms with Gasteiger partial charge in [-0.05, 0) is 77.7 Å². The van der Waals surface area contributed by atoms with Crippen LogP contribution < -0.4 is 4.90 Å². The zero-order valence-electron chi connectivity index (χ0n) is 31.5. The van der Waals surface area contributed by atoms with Crippen molar-refractivity contribution in [3.8, 4) is 16.8 Å². The number of hydrogen-bond donors (Lipinski definition) is 1. The number of fused-ring (bicyclic) bond motifs is 6. The van der Waals surface area contributed by atoms with Crippen molar-refractivity contribution in [3.05, 3.63) is 222 Å². The van der Waals surface area contributed by atoms with Crippen molar-refractivity contribution in [3.63, 3.8) is 0 Å². The van der Waals surface area contributed by atoms with Crippen LogP contribution in [0.3, 0.4) is 0 Å².